The zero-order valence-corrected chi connectivity index (χ0v) is 16.6. The van der Waals surface area contributed by atoms with Crippen molar-refractivity contribution in [3.8, 4) is 0 Å². The van der Waals surface area contributed by atoms with Gasteiger partial charge in [0.2, 0.25) is 0 Å². The van der Waals surface area contributed by atoms with Crippen LogP contribution in [-0.4, -0.2) is 4.57 Å². The van der Waals surface area contributed by atoms with E-state index in [0.717, 1.165) is 18.8 Å². The zero-order valence-electron chi connectivity index (χ0n) is 16.6. The van der Waals surface area contributed by atoms with Crippen molar-refractivity contribution in [1.29, 1.82) is 0 Å². The van der Waals surface area contributed by atoms with E-state index in [-0.39, 0.29) is 0 Å². The molecule has 0 aliphatic heterocycles. The molecule has 0 unspecified atom stereocenters. The summed E-state index contributed by atoms with van der Waals surface area (Å²) >= 11 is 0. The van der Waals surface area contributed by atoms with E-state index in [4.69, 9.17) is 0 Å². The predicted molar refractivity (Wildman–Crippen MR) is 123 cm³/mol. The van der Waals surface area contributed by atoms with Crippen LogP contribution in [0.15, 0.2) is 97.1 Å². The van der Waals surface area contributed by atoms with E-state index in [9.17, 15) is 0 Å². The van der Waals surface area contributed by atoms with Crippen molar-refractivity contribution < 1.29 is 0 Å². The molecule has 5 rings (SSSR count). The van der Waals surface area contributed by atoms with Gasteiger partial charge in [-0.05, 0) is 42.3 Å². The maximum Gasteiger partial charge on any atom is 0.0494 e. The van der Waals surface area contributed by atoms with Gasteiger partial charge >= 0.3 is 0 Å². The number of aromatic nitrogens is 1. The summed E-state index contributed by atoms with van der Waals surface area (Å²) in [6, 6.07) is 34.8. The highest BCUT2D eigenvalue weighted by atomic mass is 15.0. The van der Waals surface area contributed by atoms with Gasteiger partial charge in [-0.1, -0.05) is 78.4 Å². The lowest BCUT2D eigenvalue weighted by Gasteiger charge is -2.10. The van der Waals surface area contributed by atoms with Crippen LogP contribution >= 0.6 is 0 Å². The van der Waals surface area contributed by atoms with Crippen molar-refractivity contribution in [2.24, 2.45) is 0 Å². The molecule has 0 aliphatic rings. The van der Waals surface area contributed by atoms with Gasteiger partial charge in [-0.15, -0.1) is 0 Å². The van der Waals surface area contributed by atoms with Gasteiger partial charge in [0.15, 0.2) is 0 Å². The molecule has 29 heavy (non-hydrogen) atoms. The Morgan fingerprint density at radius 2 is 1.17 bits per heavy atom. The minimum Gasteiger partial charge on any atom is -0.381 e. The molecule has 0 atom stereocenters. The number of nitrogens with one attached hydrogen (secondary N) is 1. The minimum atomic E-state index is 0.832. The van der Waals surface area contributed by atoms with Crippen molar-refractivity contribution in [3.05, 3.63) is 114 Å². The molecule has 2 heteroatoms. The highest BCUT2D eigenvalue weighted by molar-refractivity contribution is 6.08. The van der Waals surface area contributed by atoms with Gasteiger partial charge in [-0.2, -0.15) is 0 Å². The summed E-state index contributed by atoms with van der Waals surface area (Å²) in [5, 5.41) is 6.14. The maximum atomic E-state index is 3.50. The molecule has 0 saturated heterocycles. The van der Waals surface area contributed by atoms with Gasteiger partial charge in [0.05, 0.1) is 0 Å². The quantitative estimate of drug-likeness (QED) is 0.358. The first-order valence-corrected chi connectivity index (χ1v) is 10.1. The van der Waals surface area contributed by atoms with Crippen LogP contribution in [0.3, 0.4) is 0 Å². The van der Waals surface area contributed by atoms with Gasteiger partial charge in [-0.25, -0.2) is 0 Å². The molecule has 1 aromatic heterocycles. The summed E-state index contributed by atoms with van der Waals surface area (Å²) in [5.74, 6) is 0. The van der Waals surface area contributed by atoms with Crippen LogP contribution in [0.25, 0.3) is 21.8 Å². The summed E-state index contributed by atoms with van der Waals surface area (Å²) in [6.07, 6.45) is 0. The third kappa shape index (κ3) is 3.50. The lowest BCUT2D eigenvalue weighted by Crippen LogP contribution is -2.01. The average Bonchev–Trinajstić information content (AvgIpc) is 3.08. The Labute approximate surface area is 171 Å². The standard InChI is InChI=1S/C27H24N2/c1-20-10-16-23(17-11-20)28-18-21-12-14-22(15-13-21)19-29-26-8-4-2-6-24(26)25-7-3-5-9-27(25)29/h2-17,28H,18-19H2,1H3. The van der Waals surface area contributed by atoms with Crippen molar-refractivity contribution in [2.45, 2.75) is 20.0 Å². The smallest absolute Gasteiger partial charge is 0.0494 e. The molecule has 0 spiro atoms. The maximum absolute atomic E-state index is 3.50. The van der Waals surface area contributed by atoms with Crippen LogP contribution in [0.2, 0.25) is 0 Å². The van der Waals surface area contributed by atoms with Gasteiger partial charge in [0.1, 0.15) is 0 Å². The van der Waals surface area contributed by atoms with Crippen LogP contribution < -0.4 is 5.32 Å². The molecule has 5 aromatic rings. The van der Waals surface area contributed by atoms with Crippen LogP contribution in [0, 0.1) is 6.92 Å². The number of anilines is 1. The Bertz CT molecular complexity index is 1210. The van der Waals surface area contributed by atoms with Crippen LogP contribution in [-0.2, 0) is 13.1 Å². The van der Waals surface area contributed by atoms with E-state index in [1.807, 2.05) is 0 Å². The Hall–Kier alpha value is -3.52. The van der Waals surface area contributed by atoms with Crippen LogP contribution in [0.5, 0.6) is 0 Å². The molecule has 0 fully saturated rings. The van der Waals surface area contributed by atoms with Gasteiger partial charge in [0.25, 0.3) is 0 Å². The topological polar surface area (TPSA) is 17.0 Å². The summed E-state index contributed by atoms with van der Waals surface area (Å²) in [7, 11) is 0. The second-order valence-corrected chi connectivity index (χ2v) is 7.66. The highest BCUT2D eigenvalue weighted by Crippen LogP contribution is 2.29. The van der Waals surface area contributed by atoms with E-state index < -0.39 is 0 Å². The number of hydrogen-bond donors (Lipinski definition) is 1. The zero-order chi connectivity index (χ0) is 19.6. The van der Waals surface area contributed by atoms with Gasteiger partial charge < -0.3 is 9.88 Å². The molecule has 1 heterocycles. The Kier molecular flexibility index (Phi) is 4.53. The minimum absolute atomic E-state index is 0.832. The Morgan fingerprint density at radius 1 is 0.621 bits per heavy atom. The highest BCUT2D eigenvalue weighted by Gasteiger charge is 2.09. The van der Waals surface area contributed by atoms with E-state index in [1.165, 1.54) is 38.5 Å². The molecule has 0 bridgehead atoms. The van der Waals surface area contributed by atoms with Crippen LogP contribution in [0.4, 0.5) is 5.69 Å². The van der Waals surface area contributed by atoms with Gasteiger partial charge in [-0.3, -0.25) is 0 Å². The lowest BCUT2D eigenvalue weighted by atomic mass is 10.1. The molecular formula is C27H24N2. The van der Waals surface area contributed by atoms with Gasteiger partial charge in [0, 0.05) is 40.6 Å². The second-order valence-electron chi connectivity index (χ2n) is 7.66. The molecule has 4 aromatic carbocycles. The molecule has 0 saturated carbocycles. The molecule has 1 N–H and O–H groups in total. The Morgan fingerprint density at radius 3 is 1.79 bits per heavy atom. The van der Waals surface area contributed by atoms with E-state index in [0.29, 0.717) is 0 Å². The molecule has 2 nitrogen and oxygen atoms in total. The van der Waals surface area contributed by atoms with Crippen LogP contribution in [0.1, 0.15) is 16.7 Å². The first kappa shape index (κ1) is 17.6. The first-order chi connectivity index (χ1) is 14.3. The summed E-state index contributed by atoms with van der Waals surface area (Å²) in [6.45, 7) is 3.82. The lowest BCUT2D eigenvalue weighted by molar-refractivity contribution is 0.868. The number of aryl methyl sites for hydroxylation is 1. The normalized spacial score (nSPS) is 11.2. The summed E-state index contributed by atoms with van der Waals surface area (Å²) < 4.78 is 2.42. The third-order valence-electron chi connectivity index (χ3n) is 5.59. The van der Waals surface area contributed by atoms with Crippen molar-refractivity contribution in [2.75, 3.05) is 5.32 Å². The number of hydrogen-bond acceptors (Lipinski definition) is 1. The number of nitrogens with zero attached hydrogens (tertiary/aromatic N) is 1. The van der Waals surface area contributed by atoms with E-state index in [1.54, 1.807) is 0 Å². The van der Waals surface area contributed by atoms with Crippen molar-refractivity contribution in [3.63, 3.8) is 0 Å². The van der Waals surface area contributed by atoms with E-state index >= 15 is 0 Å². The SMILES string of the molecule is Cc1ccc(NCc2ccc(Cn3c4ccccc4c4ccccc43)cc2)cc1. The Balaban J connectivity index is 1.38. The van der Waals surface area contributed by atoms with Crippen molar-refractivity contribution in [1.82, 2.24) is 4.57 Å². The summed E-state index contributed by atoms with van der Waals surface area (Å²) in [5.41, 5.74) is 7.62. The number of para-hydroxylation sites is 2. The third-order valence-corrected chi connectivity index (χ3v) is 5.59. The first-order valence-electron chi connectivity index (χ1n) is 10.1. The molecule has 0 radical (unpaired) electrons. The number of rotatable bonds is 5. The van der Waals surface area contributed by atoms with Crippen molar-refractivity contribution >= 4 is 27.5 Å². The summed E-state index contributed by atoms with van der Waals surface area (Å²) in [4.78, 5) is 0. The fourth-order valence-corrected chi connectivity index (χ4v) is 3.99. The van der Waals surface area contributed by atoms with E-state index in [2.05, 4.69) is 114 Å². The average molecular weight is 377 g/mol. The molecule has 0 amide bonds. The second kappa shape index (κ2) is 7.48. The number of fused-ring (bicyclic) bond motifs is 3. The molecule has 0 aliphatic carbocycles. The fourth-order valence-electron chi connectivity index (χ4n) is 3.99. The number of benzene rings is 4. The molecular weight excluding hydrogens is 352 g/mol. The fraction of sp³-hybridized carbons (Fsp3) is 0.111. The predicted octanol–water partition coefficient (Wildman–Crippen LogP) is 6.76. The molecule has 142 valence electrons. The monoisotopic (exact) mass is 376 g/mol. The largest absolute Gasteiger partial charge is 0.381 e.